The summed E-state index contributed by atoms with van der Waals surface area (Å²) in [4.78, 5) is 0. The topological polar surface area (TPSA) is 71.1 Å². The molecule has 0 aromatic carbocycles. The van der Waals surface area contributed by atoms with Crippen molar-refractivity contribution < 1.29 is 26.3 Å². The van der Waals surface area contributed by atoms with E-state index in [9.17, 15) is 8.42 Å². The highest BCUT2D eigenvalue weighted by molar-refractivity contribution is 7.81. The van der Waals surface area contributed by atoms with E-state index in [0.717, 1.165) is 0 Å². The molecule has 0 saturated heterocycles. The second kappa shape index (κ2) is 10.9. The summed E-state index contributed by atoms with van der Waals surface area (Å²) in [5.41, 5.74) is 0. The van der Waals surface area contributed by atoms with Crippen LogP contribution in [-0.4, -0.2) is 48.1 Å². The zero-order valence-electron chi connectivity index (χ0n) is 10.5. The molecule has 0 aliphatic carbocycles. The molecular formula is C10H22O6S. The predicted octanol–water partition coefficient (Wildman–Crippen LogP) is 1.12. The Kier molecular flexibility index (Phi) is 10.8. The molecule has 0 aliphatic heterocycles. The van der Waals surface area contributed by atoms with Crippen LogP contribution >= 0.6 is 0 Å². The maximum absolute atomic E-state index is 11.2. The van der Waals surface area contributed by atoms with Gasteiger partial charge in [-0.3, -0.25) is 0 Å². The van der Waals surface area contributed by atoms with Gasteiger partial charge in [0, 0.05) is 26.4 Å². The number of hydrogen-bond acceptors (Lipinski definition) is 6. The normalized spacial score (nSPS) is 11.9. The highest BCUT2D eigenvalue weighted by atomic mass is 32.3. The molecule has 0 atom stereocenters. The van der Waals surface area contributed by atoms with Crippen LogP contribution in [0.2, 0.25) is 0 Å². The van der Waals surface area contributed by atoms with Crippen LogP contribution in [0.1, 0.15) is 26.7 Å². The van der Waals surface area contributed by atoms with Gasteiger partial charge in [0.2, 0.25) is 0 Å². The molecule has 0 saturated carbocycles. The van der Waals surface area contributed by atoms with E-state index in [1.165, 1.54) is 0 Å². The first-order valence-corrected chi connectivity index (χ1v) is 7.15. The summed E-state index contributed by atoms with van der Waals surface area (Å²) in [5.74, 6) is 0. The van der Waals surface area contributed by atoms with Crippen molar-refractivity contribution in [2.75, 3.05) is 39.6 Å². The molecule has 0 rings (SSSR count). The van der Waals surface area contributed by atoms with Gasteiger partial charge >= 0.3 is 10.4 Å². The number of ether oxygens (including phenoxy) is 2. The fourth-order valence-corrected chi connectivity index (χ4v) is 1.68. The fraction of sp³-hybridized carbons (Fsp3) is 1.00. The van der Waals surface area contributed by atoms with Crippen LogP contribution in [0.15, 0.2) is 0 Å². The average molecular weight is 270 g/mol. The van der Waals surface area contributed by atoms with E-state index in [2.05, 4.69) is 8.37 Å². The van der Waals surface area contributed by atoms with Crippen molar-refractivity contribution in [3.63, 3.8) is 0 Å². The minimum atomic E-state index is -3.87. The van der Waals surface area contributed by atoms with Gasteiger partial charge in [-0.05, 0) is 26.7 Å². The molecule has 0 aromatic heterocycles. The Morgan fingerprint density at radius 3 is 1.53 bits per heavy atom. The van der Waals surface area contributed by atoms with Crippen LogP contribution in [0.25, 0.3) is 0 Å². The van der Waals surface area contributed by atoms with Crippen molar-refractivity contribution in [3.05, 3.63) is 0 Å². The first-order chi connectivity index (χ1) is 8.12. The minimum Gasteiger partial charge on any atom is -0.382 e. The Balaban J connectivity index is 3.46. The van der Waals surface area contributed by atoms with Gasteiger partial charge in [-0.25, -0.2) is 8.37 Å². The Labute approximate surface area is 104 Å². The highest BCUT2D eigenvalue weighted by Gasteiger charge is 2.10. The van der Waals surface area contributed by atoms with Crippen molar-refractivity contribution in [1.82, 2.24) is 0 Å². The SMILES string of the molecule is CCOCCCOS(=O)(=O)OCCCOCC. The first-order valence-electron chi connectivity index (χ1n) is 5.81. The van der Waals surface area contributed by atoms with Crippen LogP contribution in [0.4, 0.5) is 0 Å². The molecular weight excluding hydrogens is 248 g/mol. The summed E-state index contributed by atoms with van der Waals surface area (Å²) in [7, 11) is -3.87. The molecule has 0 N–H and O–H groups in total. The van der Waals surface area contributed by atoms with Crippen molar-refractivity contribution in [3.8, 4) is 0 Å². The van der Waals surface area contributed by atoms with Crippen molar-refractivity contribution in [2.45, 2.75) is 26.7 Å². The van der Waals surface area contributed by atoms with Gasteiger partial charge in [0.25, 0.3) is 0 Å². The van der Waals surface area contributed by atoms with E-state index in [1.807, 2.05) is 13.8 Å². The largest absolute Gasteiger partial charge is 0.399 e. The van der Waals surface area contributed by atoms with E-state index >= 15 is 0 Å². The molecule has 0 bridgehead atoms. The van der Waals surface area contributed by atoms with Crippen LogP contribution in [0.5, 0.6) is 0 Å². The quantitative estimate of drug-likeness (QED) is 0.495. The third-order valence-corrected chi connectivity index (χ3v) is 2.64. The van der Waals surface area contributed by atoms with Crippen molar-refractivity contribution in [1.29, 1.82) is 0 Å². The van der Waals surface area contributed by atoms with Crippen LogP contribution < -0.4 is 0 Å². The molecule has 0 spiro atoms. The smallest absolute Gasteiger partial charge is 0.382 e. The van der Waals surface area contributed by atoms with Gasteiger partial charge in [0.1, 0.15) is 0 Å². The number of hydrogen-bond donors (Lipinski definition) is 0. The van der Waals surface area contributed by atoms with Gasteiger partial charge in [-0.1, -0.05) is 0 Å². The van der Waals surface area contributed by atoms with Crippen molar-refractivity contribution >= 4 is 10.4 Å². The van der Waals surface area contributed by atoms with Gasteiger partial charge in [0.15, 0.2) is 0 Å². The van der Waals surface area contributed by atoms with E-state index < -0.39 is 10.4 Å². The number of rotatable bonds is 12. The lowest BCUT2D eigenvalue weighted by Crippen LogP contribution is -2.14. The fourth-order valence-electron chi connectivity index (χ4n) is 0.967. The summed E-state index contributed by atoms with van der Waals surface area (Å²) >= 11 is 0. The standard InChI is InChI=1S/C10H22O6S/c1-3-13-7-5-9-15-17(11,12)16-10-6-8-14-4-2/h3-10H2,1-2H3. The summed E-state index contributed by atoms with van der Waals surface area (Å²) in [6.45, 7) is 6.09. The van der Waals surface area contributed by atoms with Gasteiger partial charge < -0.3 is 9.47 Å². The third kappa shape index (κ3) is 12.0. The Bertz CT molecular complexity index is 232. The summed E-state index contributed by atoms with van der Waals surface area (Å²) in [5, 5.41) is 0. The summed E-state index contributed by atoms with van der Waals surface area (Å²) < 4.78 is 41.6. The van der Waals surface area contributed by atoms with Crippen LogP contribution in [0, 0.1) is 0 Å². The monoisotopic (exact) mass is 270 g/mol. The van der Waals surface area contributed by atoms with Crippen molar-refractivity contribution in [2.24, 2.45) is 0 Å². The van der Waals surface area contributed by atoms with Crippen LogP contribution in [0.3, 0.4) is 0 Å². The second-order valence-electron chi connectivity index (χ2n) is 3.15. The molecule has 104 valence electrons. The van der Waals surface area contributed by atoms with E-state index in [4.69, 9.17) is 9.47 Å². The molecule has 0 radical (unpaired) electrons. The van der Waals surface area contributed by atoms with Gasteiger partial charge in [0.05, 0.1) is 13.2 Å². The Morgan fingerprint density at radius 2 is 1.18 bits per heavy atom. The second-order valence-corrected chi connectivity index (χ2v) is 4.44. The lowest BCUT2D eigenvalue weighted by molar-refractivity contribution is 0.117. The lowest BCUT2D eigenvalue weighted by Gasteiger charge is -2.06. The molecule has 17 heavy (non-hydrogen) atoms. The zero-order valence-corrected chi connectivity index (χ0v) is 11.3. The molecule has 6 nitrogen and oxygen atoms in total. The lowest BCUT2D eigenvalue weighted by atomic mass is 10.5. The minimum absolute atomic E-state index is 0.0772. The van der Waals surface area contributed by atoms with E-state index in [1.54, 1.807) is 0 Å². The Morgan fingerprint density at radius 1 is 0.765 bits per heavy atom. The molecule has 0 fully saturated rings. The molecule has 0 amide bonds. The molecule has 7 heteroatoms. The average Bonchev–Trinajstić information content (AvgIpc) is 2.28. The molecule has 0 aliphatic rings. The molecule has 0 unspecified atom stereocenters. The van der Waals surface area contributed by atoms with Gasteiger partial charge in [-0.15, -0.1) is 0 Å². The third-order valence-electron chi connectivity index (χ3n) is 1.73. The summed E-state index contributed by atoms with van der Waals surface area (Å²) in [6, 6.07) is 0. The van der Waals surface area contributed by atoms with Gasteiger partial charge in [-0.2, -0.15) is 8.42 Å². The Hall–Kier alpha value is -0.210. The first kappa shape index (κ1) is 16.8. The van der Waals surface area contributed by atoms with Crippen LogP contribution in [-0.2, 0) is 28.2 Å². The molecule has 0 heterocycles. The molecule has 0 aromatic rings. The highest BCUT2D eigenvalue weighted by Crippen LogP contribution is 1.99. The maximum atomic E-state index is 11.2. The van der Waals surface area contributed by atoms with E-state index in [-0.39, 0.29) is 13.2 Å². The van der Waals surface area contributed by atoms with E-state index in [0.29, 0.717) is 39.3 Å². The predicted molar refractivity (Wildman–Crippen MR) is 63.0 cm³/mol. The summed E-state index contributed by atoms with van der Waals surface area (Å²) in [6.07, 6.45) is 1.05. The maximum Gasteiger partial charge on any atom is 0.399 e. The zero-order chi connectivity index (χ0) is 13.0.